The number of hydrogen-bond donors (Lipinski definition) is 0. The Morgan fingerprint density at radius 3 is 2.14 bits per heavy atom. The van der Waals surface area contributed by atoms with Crippen molar-refractivity contribution in [1.82, 2.24) is 9.21 Å². The van der Waals surface area contributed by atoms with Gasteiger partial charge in [-0.2, -0.15) is 4.31 Å². The molecule has 2 aromatic rings. The lowest BCUT2D eigenvalue weighted by Crippen LogP contribution is -2.50. The number of amides is 1. The highest BCUT2D eigenvalue weighted by molar-refractivity contribution is 7.89. The Morgan fingerprint density at radius 1 is 0.964 bits per heavy atom. The summed E-state index contributed by atoms with van der Waals surface area (Å²) in [6, 6.07) is 14.1. The molecule has 6 nitrogen and oxygen atoms in total. The van der Waals surface area contributed by atoms with Gasteiger partial charge in [0.15, 0.2) is 0 Å². The van der Waals surface area contributed by atoms with Crippen molar-refractivity contribution in [2.24, 2.45) is 0 Å². The van der Waals surface area contributed by atoms with Gasteiger partial charge in [0.1, 0.15) is 5.75 Å². The van der Waals surface area contributed by atoms with Gasteiger partial charge < -0.3 is 9.64 Å². The van der Waals surface area contributed by atoms with Crippen LogP contribution in [0.25, 0.3) is 0 Å². The topological polar surface area (TPSA) is 66.9 Å². The van der Waals surface area contributed by atoms with Crippen LogP contribution in [0.1, 0.15) is 35.7 Å². The number of ether oxygens (including phenoxy) is 1. The third-order valence-corrected chi connectivity index (χ3v) is 6.96. The van der Waals surface area contributed by atoms with Crippen molar-refractivity contribution in [3.05, 3.63) is 59.7 Å². The number of rotatable bonds is 5. The van der Waals surface area contributed by atoms with Crippen molar-refractivity contribution in [3.8, 4) is 5.75 Å². The molecule has 1 fully saturated rings. The third kappa shape index (κ3) is 4.05. The van der Waals surface area contributed by atoms with Gasteiger partial charge in [-0.1, -0.05) is 38.1 Å². The number of nitrogens with zero attached hydrogens (tertiary/aromatic N) is 2. The van der Waals surface area contributed by atoms with Crippen molar-refractivity contribution in [2.45, 2.75) is 24.7 Å². The van der Waals surface area contributed by atoms with E-state index in [1.165, 1.54) is 11.4 Å². The zero-order valence-electron chi connectivity index (χ0n) is 16.5. The van der Waals surface area contributed by atoms with E-state index in [1.54, 1.807) is 35.2 Å². The normalized spacial score (nSPS) is 15.6. The number of sulfonamides is 1. The van der Waals surface area contributed by atoms with Crippen molar-refractivity contribution < 1.29 is 17.9 Å². The summed E-state index contributed by atoms with van der Waals surface area (Å²) < 4.78 is 32.5. The molecule has 0 N–H and O–H groups in total. The summed E-state index contributed by atoms with van der Waals surface area (Å²) in [7, 11) is -2.03. The molecule has 0 radical (unpaired) electrons. The largest absolute Gasteiger partial charge is 0.496 e. The summed E-state index contributed by atoms with van der Waals surface area (Å²) >= 11 is 0. The average Bonchev–Trinajstić information content (AvgIpc) is 2.73. The highest BCUT2D eigenvalue weighted by Crippen LogP contribution is 2.23. The van der Waals surface area contributed by atoms with Crippen LogP contribution in [-0.2, 0) is 10.0 Å². The predicted molar refractivity (Wildman–Crippen MR) is 108 cm³/mol. The van der Waals surface area contributed by atoms with Crippen LogP contribution in [0.3, 0.4) is 0 Å². The minimum atomic E-state index is -3.56. The Bertz CT molecular complexity index is 931. The minimum absolute atomic E-state index is 0.143. The van der Waals surface area contributed by atoms with Crippen molar-refractivity contribution in [3.63, 3.8) is 0 Å². The zero-order chi connectivity index (χ0) is 20.3. The SMILES string of the molecule is COc1ccccc1C(=O)N1CCN(S(=O)(=O)c2ccc(C(C)C)cc2)CC1. The molecule has 0 aliphatic carbocycles. The fourth-order valence-electron chi connectivity index (χ4n) is 3.30. The second-order valence-corrected chi connectivity index (χ2v) is 9.06. The maximum absolute atomic E-state index is 12.9. The smallest absolute Gasteiger partial charge is 0.257 e. The van der Waals surface area contributed by atoms with E-state index < -0.39 is 10.0 Å². The van der Waals surface area contributed by atoms with Crippen molar-refractivity contribution >= 4 is 15.9 Å². The van der Waals surface area contributed by atoms with E-state index in [0.717, 1.165) is 5.56 Å². The lowest BCUT2D eigenvalue weighted by Gasteiger charge is -2.34. The second kappa shape index (κ2) is 8.32. The number of para-hydroxylation sites is 1. The summed E-state index contributed by atoms with van der Waals surface area (Å²) in [6.07, 6.45) is 0. The summed E-state index contributed by atoms with van der Waals surface area (Å²) in [6.45, 7) is 5.38. The molecule has 1 heterocycles. The van der Waals surface area contributed by atoms with Crippen LogP contribution in [0.4, 0.5) is 0 Å². The van der Waals surface area contributed by atoms with Gasteiger partial charge in [-0.05, 0) is 35.7 Å². The molecular weight excluding hydrogens is 376 g/mol. The van der Waals surface area contributed by atoms with Gasteiger partial charge in [0.05, 0.1) is 17.6 Å². The Balaban J connectivity index is 1.69. The maximum atomic E-state index is 12.9. The molecule has 3 rings (SSSR count). The standard InChI is InChI=1S/C21H26N2O4S/c1-16(2)17-8-10-18(11-9-17)28(25,26)23-14-12-22(13-15-23)21(24)19-6-4-5-7-20(19)27-3/h4-11,16H,12-15H2,1-3H3. The van der Waals surface area contributed by atoms with E-state index in [-0.39, 0.29) is 19.0 Å². The Labute approximate surface area is 166 Å². The summed E-state index contributed by atoms with van der Waals surface area (Å²) in [4.78, 5) is 14.8. The van der Waals surface area contributed by atoms with E-state index in [0.29, 0.717) is 35.2 Å². The first-order valence-electron chi connectivity index (χ1n) is 9.37. The van der Waals surface area contributed by atoms with Gasteiger partial charge in [0.25, 0.3) is 5.91 Å². The molecule has 0 spiro atoms. The molecule has 1 saturated heterocycles. The van der Waals surface area contributed by atoms with E-state index in [2.05, 4.69) is 13.8 Å². The van der Waals surface area contributed by atoms with E-state index in [1.807, 2.05) is 18.2 Å². The maximum Gasteiger partial charge on any atom is 0.257 e. The van der Waals surface area contributed by atoms with Crippen LogP contribution in [-0.4, -0.2) is 56.8 Å². The average molecular weight is 403 g/mol. The lowest BCUT2D eigenvalue weighted by atomic mass is 10.0. The van der Waals surface area contributed by atoms with Gasteiger partial charge in [0, 0.05) is 26.2 Å². The van der Waals surface area contributed by atoms with Crippen LogP contribution < -0.4 is 4.74 Å². The molecule has 28 heavy (non-hydrogen) atoms. The molecule has 0 aromatic heterocycles. The number of hydrogen-bond acceptors (Lipinski definition) is 4. The highest BCUT2D eigenvalue weighted by Gasteiger charge is 2.31. The van der Waals surface area contributed by atoms with Crippen LogP contribution in [0.5, 0.6) is 5.75 Å². The van der Waals surface area contributed by atoms with Crippen LogP contribution >= 0.6 is 0 Å². The zero-order valence-corrected chi connectivity index (χ0v) is 17.3. The fraction of sp³-hybridized carbons (Fsp3) is 0.381. The Morgan fingerprint density at radius 2 is 1.57 bits per heavy atom. The van der Waals surface area contributed by atoms with Gasteiger partial charge in [-0.15, -0.1) is 0 Å². The molecule has 150 valence electrons. The minimum Gasteiger partial charge on any atom is -0.496 e. The lowest BCUT2D eigenvalue weighted by molar-refractivity contribution is 0.0694. The second-order valence-electron chi connectivity index (χ2n) is 7.12. The third-order valence-electron chi connectivity index (χ3n) is 5.05. The summed E-state index contributed by atoms with van der Waals surface area (Å²) in [5.41, 5.74) is 1.59. The molecule has 0 saturated carbocycles. The molecule has 0 unspecified atom stereocenters. The first-order chi connectivity index (χ1) is 13.3. The van der Waals surface area contributed by atoms with Gasteiger partial charge in [0.2, 0.25) is 10.0 Å². The molecule has 7 heteroatoms. The molecule has 0 atom stereocenters. The Kier molecular flexibility index (Phi) is 6.05. The molecule has 1 aliphatic rings. The molecule has 2 aromatic carbocycles. The molecule has 1 amide bonds. The van der Waals surface area contributed by atoms with Crippen molar-refractivity contribution in [1.29, 1.82) is 0 Å². The number of piperazine rings is 1. The number of methoxy groups -OCH3 is 1. The summed E-state index contributed by atoms with van der Waals surface area (Å²) in [5.74, 6) is 0.727. The molecule has 1 aliphatic heterocycles. The van der Waals surface area contributed by atoms with Crippen LogP contribution in [0.15, 0.2) is 53.4 Å². The van der Waals surface area contributed by atoms with E-state index >= 15 is 0 Å². The van der Waals surface area contributed by atoms with E-state index in [9.17, 15) is 13.2 Å². The summed E-state index contributed by atoms with van der Waals surface area (Å²) in [5, 5.41) is 0. The molecular formula is C21H26N2O4S. The molecule has 0 bridgehead atoms. The van der Waals surface area contributed by atoms with Crippen LogP contribution in [0, 0.1) is 0 Å². The van der Waals surface area contributed by atoms with Gasteiger partial charge in [-0.3, -0.25) is 4.79 Å². The number of carbonyl (C=O) groups is 1. The van der Waals surface area contributed by atoms with Crippen LogP contribution in [0.2, 0.25) is 0 Å². The predicted octanol–water partition coefficient (Wildman–Crippen LogP) is 2.97. The fourth-order valence-corrected chi connectivity index (χ4v) is 4.72. The number of carbonyl (C=O) groups excluding carboxylic acids is 1. The monoisotopic (exact) mass is 402 g/mol. The quantitative estimate of drug-likeness (QED) is 0.771. The van der Waals surface area contributed by atoms with Crippen molar-refractivity contribution in [2.75, 3.05) is 33.3 Å². The highest BCUT2D eigenvalue weighted by atomic mass is 32.2. The Hall–Kier alpha value is -2.38. The van der Waals surface area contributed by atoms with Gasteiger partial charge in [-0.25, -0.2) is 8.42 Å². The number of benzene rings is 2. The first-order valence-corrected chi connectivity index (χ1v) is 10.8. The van der Waals surface area contributed by atoms with E-state index in [4.69, 9.17) is 4.74 Å². The van der Waals surface area contributed by atoms with Gasteiger partial charge >= 0.3 is 0 Å². The first kappa shape index (κ1) is 20.4.